The summed E-state index contributed by atoms with van der Waals surface area (Å²) in [6.07, 6.45) is 2.36. The topological polar surface area (TPSA) is 70.6 Å². The summed E-state index contributed by atoms with van der Waals surface area (Å²) in [7, 11) is 0. The third-order valence-corrected chi connectivity index (χ3v) is 3.90. The Bertz CT molecular complexity index is 565. The maximum absolute atomic E-state index is 13.2. The molecule has 0 aliphatic heterocycles. The van der Waals surface area contributed by atoms with Crippen LogP contribution in [-0.2, 0) is 11.3 Å². The number of carbonyl (C=O) groups is 1. The molecule has 5 nitrogen and oxygen atoms in total. The minimum atomic E-state index is -0.532. The van der Waals surface area contributed by atoms with E-state index in [-0.39, 0.29) is 17.1 Å². The van der Waals surface area contributed by atoms with Gasteiger partial charge in [-0.25, -0.2) is 9.18 Å². The van der Waals surface area contributed by atoms with Gasteiger partial charge < -0.3 is 20.5 Å². The van der Waals surface area contributed by atoms with Crippen LogP contribution in [0.4, 0.5) is 9.18 Å². The van der Waals surface area contributed by atoms with Crippen molar-refractivity contribution in [2.24, 2.45) is 0 Å². The second kappa shape index (κ2) is 6.74. The molecule has 6 heteroatoms. The highest BCUT2D eigenvalue weighted by Gasteiger charge is 2.39. The second-order valence-corrected chi connectivity index (χ2v) is 7.14. The molecule has 0 saturated heterocycles. The number of nitrogens with one attached hydrogen (secondary N) is 2. The van der Waals surface area contributed by atoms with Crippen LogP contribution in [0.1, 0.15) is 45.6 Å². The number of alkyl carbamates (subject to hydrolysis) is 1. The molecule has 3 N–H and O–H groups in total. The van der Waals surface area contributed by atoms with Crippen LogP contribution in [0.5, 0.6) is 5.75 Å². The molecular formula is C17H25FN2O3. The molecule has 2 rings (SSSR count). The molecule has 1 fully saturated rings. The molecule has 0 aromatic heterocycles. The lowest BCUT2D eigenvalue weighted by atomic mass is 9.76. The summed E-state index contributed by atoms with van der Waals surface area (Å²) in [6, 6.07) is 3.86. The van der Waals surface area contributed by atoms with E-state index < -0.39 is 11.7 Å². The SMILES string of the molecule is CC(C)(C)OC(=O)NC1(CNCc2cc(F)ccc2O)CCC1. The van der Waals surface area contributed by atoms with Crippen LogP contribution in [0.15, 0.2) is 18.2 Å². The minimum Gasteiger partial charge on any atom is -0.508 e. The van der Waals surface area contributed by atoms with Crippen molar-refractivity contribution >= 4 is 6.09 Å². The van der Waals surface area contributed by atoms with Crippen molar-refractivity contribution in [3.8, 4) is 5.75 Å². The summed E-state index contributed by atoms with van der Waals surface area (Å²) in [5.41, 5.74) is -0.363. The van der Waals surface area contributed by atoms with Crippen molar-refractivity contribution < 1.29 is 19.0 Å². The summed E-state index contributed by atoms with van der Waals surface area (Å²) < 4.78 is 18.5. The van der Waals surface area contributed by atoms with Crippen LogP contribution in [-0.4, -0.2) is 28.9 Å². The lowest BCUT2D eigenvalue weighted by Crippen LogP contribution is -2.59. The quantitative estimate of drug-likeness (QED) is 0.778. The first-order valence-electron chi connectivity index (χ1n) is 7.88. The van der Waals surface area contributed by atoms with Crippen molar-refractivity contribution in [1.82, 2.24) is 10.6 Å². The van der Waals surface area contributed by atoms with E-state index in [1.807, 2.05) is 20.8 Å². The van der Waals surface area contributed by atoms with E-state index in [2.05, 4.69) is 10.6 Å². The van der Waals surface area contributed by atoms with Gasteiger partial charge >= 0.3 is 6.09 Å². The average Bonchev–Trinajstić information content (AvgIpc) is 2.37. The van der Waals surface area contributed by atoms with E-state index in [1.54, 1.807) is 0 Å². The van der Waals surface area contributed by atoms with Gasteiger partial charge in [0.1, 0.15) is 17.2 Å². The Hall–Kier alpha value is -1.82. The van der Waals surface area contributed by atoms with Gasteiger partial charge in [0.15, 0.2) is 0 Å². The Morgan fingerprint density at radius 2 is 2.09 bits per heavy atom. The van der Waals surface area contributed by atoms with E-state index >= 15 is 0 Å². The van der Waals surface area contributed by atoms with Gasteiger partial charge in [-0.15, -0.1) is 0 Å². The van der Waals surface area contributed by atoms with Crippen molar-refractivity contribution in [1.29, 1.82) is 0 Å². The molecule has 0 radical (unpaired) electrons. The molecule has 0 spiro atoms. The monoisotopic (exact) mass is 324 g/mol. The van der Waals surface area contributed by atoms with Crippen molar-refractivity contribution in [3.05, 3.63) is 29.6 Å². The fourth-order valence-corrected chi connectivity index (χ4v) is 2.60. The van der Waals surface area contributed by atoms with E-state index in [0.717, 1.165) is 19.3 Å². The lowest BCUT2D eigenvalue weighted by molar-refractivity contribution is 0.0382. The first-order valence-corrected chi connectivity index (χ1v) is 7.88. The number of rotatable bonds is 5. The minimum absolute atomic E-state index is 0.0571. The number of aromatic hydroxyl groups is 1. The number of hydrogen-bond donors (Lipinski definition) is 3. The smallest absolute Gasteiger partial charge is 0.408 e. The third kappa shape index (κ3) is 5.10. The Morgan fingerprint density at radius 3 is 2.65 bits per heavy atom. The van der Waals surface area contributed by atoms with Crippen LogP contribution in [0.3, 0.4) is 0 Å². The highest BCUT2D eigenvalue weighted by Crippen LogP contribution is 2.31. The van der Waals surface area contributed by atoms with Crippen LogP contribution < -0.4 is 10.6 Å². The van der Waals surface area contributed by atoms with Gasteiger partial charge in [0, 0.05) is 18.7 Å². The molecule has 0 heterocycles. The Balaban J connectivity index is 1.87. The van der Waals surface area contributed by atoms with Crippen LogP contribution in [0.2, 0.25) is 0 Å². The van der Waals surface area contributed by atoms with E-state index in [4.69, 9.17) is 4.74 Å². The van der Waals surface area contributed by atoms with Gasteiger partial charge in [-0.3, -0.25) is 0 Å². The molecule has 1 aromatic rings. The standard InChI is InChI=1S/C17H25FN2O3/c1-16(2,3)23-15(22)20-17(7-4-8-17)11-19-10-12-9-13(18)5-6-14(12)21/h5-6,9,19,21H,4,7-8,10-11H2,1-3H3,(H,20,22). The number of carbonyl (C=O) groups excluding carboxylic acids is 1. The number of phenols is 1. The lowest BCUT2D eigenvalue weighted by Gasteiger charge is -2.42. The fourth-order valence-electron chi connectivity index (χ4n) is 2.60. The molecule has 1 aromatic carbocycles. The van der Waals surface area contributed by atoms with Gasteiger partial charge in [0.05, 0.1) is 5.54 Å². The summed E-state index contributed by atoms with van der Waals surface area (Å²) in [6.45, 7) is 6.35. The third-order valence-electron chi connectivity index (χ3n) is 3.90. The Labute approximate surface area is 136 Å². The van der Waals surface area contributed by atoms with Crippen molar-refractivity contribution in [2.45, 2.75) is 57.7 Å². The zero-order valence-electron chi connectivity index (χ0n) is 13.9. The maximum Gasteiger partial charge on any atom is 0.408 e. The zero-order valence-corrected chi connectivity index (χ0v) is 13.9. The summed E-state index contributed by atoms with van der Waals surface area (Å²) in [5.74, 6) is -0.327. The molecule has 23 heavy (non-hydrogen) atoms. The van der Waals surface area contributed by atoms with Crippen molar-refractivity contribution in [2.75, 3.05) is 6.54 Å². The summed E-state index contributed by atoms with van der Waals surface area (Å²) in [4.78, 5) is 11.9. The van der Waals surface area contributed by atoms with E-state index in [1.165, 1.54) is 18.2 Å². The van der Waals surface area contributed by atoms with Crippen molar-refractivity contribution in [3.63, 3.8) is 0 Å². The zero-order chi connectivity index (χ0) is 17.1. The number of ether oxygens (including phenoxy) is 1. The number of halogens is 1. The van der Waals surface area contributed by atoms with Gasteiger partial charge in [-0.1, -0.05) is 0 Å². The van der Waals surface area contributed by atoms with Gasteiger partial charge in [-0.05, 0) is 58.2 Å². The first kappa shape index (κ1) is 17.5. The molecule has 1 aliphatic carbocycles. The van der Waals surface area contributed by atoms with Crippen LogP contribution in [0, 0.1) is 5.82 Å². The number of amides is 1. The molecule has 0 bridgehead atoms. The van der Waals surface area contributed by atoms with E-state index in [9.17, 15) is 14.3 Å². The Kier molecular flexibility index (Phi) is 5.14. The molecule has 1 amide bonds. The van der Waals surface area contributed by atoms with Gasteiger partial charge in [0.25, 0.3) is 0 Å². The van der Waals surface area contributed by atoms with Gasteiger partial charge in [-0.2, -0.15) is 0 Å². The highest BCUT2D eigenvalue weighted by molar-refractivity contribution is 5.69. The highest BCUT2D eigenvalue weighted by atomic mass is 19.1. The number of hydrogen-bond acceptors (Lipinski definition) is 4. The molecule has 1 saturated carbocycles. The average molecular weight is 324 g/mol. The van der Waals surface area contributed by atoms with E-state index in [0.29, 0.717) is 18.7 Å². The molecule has 1 aliphatic rings. The first-order chi connectivity index (χ1) is 10.7. The Morgan fingerprint density at radius 1 is 1.39 bits per heavy atom. The number of benzene rings is 1. The molecule has 0 atom stereocenters. The maximum atomic E-state index is 13.2. The second-order valence-electron chi connectivity index (χ2n) is 7.14. The summed E-state index contributed by atoms with van der Waals surface area (Å²) in [5, 5.41) is 15.8. The normalized spacial score (nSPS) is 16.5. The fraction of sp³-hybridized carbons (Fsp3) is 0.588. The largest absolute Gasteiger partial charge is 0.508 e. The number of phenolic OH excluding ortho intramolecular Hbond substituents is 1. The van der Waals surface area contributed by atoms with Gasteiger partial charge in [0.2, 0.25) is 0 Å². The molecule has 0 unspecified atom stereocenters. The molecular weight excluding hydrogens is 299 g/mol. The van der Waals surface area contributed by atoms with Crippen LogP contribution in [0.25, 0.3) is 0 Å². The predicted octanol–water partition coefficient (Wildman–Crippen LogP) is 3.07. The summed E-state index contributed by atoms with van der Waals surface area (Å²) >= 11 is 0. The predicted molar refractivity (Wildman–Crippen MR) is 85.7 cm³/mol. The molecule has 128 valence electrons. The van der Waals surface area contributed by atoms with Crippen LogP contribution >= 0.6 is 0 Å².